The molecule has 0 aromatic heterocycles. The summed E-state index contributed by atoms with van der Waals surface area (Å²) in [6.07, 6.45) is -4.29. The third-order valence-corrected chi connectivity index (χ3v) is 2.46. The van der Waals surface area contributed by atoms with Gasteiger partial charge in [-0.05, 0) is 23.3 Å². The average molecular weight is 232 g/mol. The number of alkyl halides is 3. The van der Waals surface area contributed by atoms with Crippen molar-refractivity contribution in [3.63, 3.8) is 0 Å². The normalized spacial score (nSPS) is 11.5. The van der Waals surface area contributed by atoms with E-state index in [0.717, 1.165) is 23.3 Å². The van der Waals surface area contributed by atoms with Crippen LogP contribution in [-0.2, 0) is 6.18 Å². The lowest BCUT2D eigenvalue weighted by atomic mass is 9.93. The van der Waals surface area contributed by atoms with Gasteiger partial charge in [0.25, 0.3) is 0 Å². The number of rotatable bonds is 1. The Morgan fingerprint density at radius 1 is 0.706 bits per heavy atom. The van der Waals surface area contributed by atoms with E-state index in [1.165, 1.54) is 12.1 Å². The van der Waals surface area contributed by atoms with Crippen LogP contribution in [0.3, 0.4) is 0 Å². The van der Waals surface area contributed by atoms with Crippen molar-refractivity contribution in [2.45, 2.75) is 6.18 Å². The molecule has 0 spiro atoms. The van der Waals surface area contributed by atoms with Gasteiger partial charge in [0, 0.05) is 0 Å². The minimum atomic E-state index is -4.29. The number of hydrogen-bond donors (Lipinski definition) is 0. The monoisotopic (exact) mass is 232 g/mol. The summed E-state index contributed by atoms with van der Waals surface area (Å²) in [5, 5.41) is 0. The number of benzene rings is 2. The molecule has 84 valence electrons. The Hall–Kier alpha value is -1.71. The smallest absolute Gasteiger partial charge is 0.166 e. The molecular weight excluding hydrogens is 224 g/mol. The molecule has 0 heterocycles. The summed E-state index contributed by atoms with van der Waals surface area (Å²) in [6.45, 7) is 0. The van der Waals surface area contributed by atoms with Gasteiger partial charge in [0.2, 0.25) is 0 Å². The van der Waals surface area contributed by atoms with Crippen molar-refractivity contribution in [1.82, 2.24) is 0 Å². The zero-order valence-electron chi connectivity index (χ0n) is 8.83. The Morgan fingerprint density at radius 2 is 1.12 bits per heavy atom. The summed E-state index contributed by atoms with van der Waals surface area (Å²) in [6, 6.07) is 12.0. The Morgan fingerprint density at radius 3 is 1.53 bits per heavy atom. The molecule has 2 aromatic carbocycles. The number of halogens is 3. The molecule has 0 nitrogen and oxygen atoms in total. The fraction of sp³-hybridized carbons (Fsp3) is 0.0769. The summed E-state index contributed by atoms with van der Waals surface area (Å²) in [7, 11) is 5.54. The Kier molecular flexibility index (Phi) is 2.96. The third-order valence-electron chi connectivity index (χ3n) is 2.46. The molecule has 0 aliphatic rings. The molecule has 0 N–H and O–H groups in total. The second-order valence-corrected chi connectivity index (χ2v) is 3.70. The molecule has 2 aromatic rings. The predicted molar refractivity (Wildman–Crippen MR) is 62.3 cm³/mol. The molecule has 0 aliphatic heterocycles. The van der Waals surface area contributed by atoms with Gasteiger partial charge in [-0.15, -0.1) is 0 Å². The molecule has 0 fully saturated rings. The standard InChI is InChI=1S/C13H8BF3/c14-12-7-3-10(4-8-12)9-1-5-11(6-2-9)13(15,16)17/h1-8H. The van der Waals surface area contributed by atoms with E-state index in [9.17, 15) is 13.2 Å². The molecule has 0 amide bonds. The highest BCUT2D eigenvalue weighted by Crippen LogP contribution is 2.30. The first-order valence-electron chi connectivity index (χ1n) is 5.00. The van der Waals surface area contributed by atoms with E-state index in [2.05, 4.69) is 0 Å². The van der Waals surface area contributed by atoms with Crippen molar-refractivity contribution in [1.29, 1.82) is 0 Å². The Bertz CT molecular complexity index is 498. The highest BCUT2D eigenvalue weighted by molar-refractivity contribution is 6.32. The van der Waals surface area contributed by atoms with Crippen molar-refractivity contribution in [3.05, 3.63) is 54.1 Å². The van der Waals surface area contributed by atoms with Crippen LogP contribution in [0.5, 0.6) is 0 Å². The first kappa shape index (κ1) is 11.8. The lowest BCUT2D eigenvalue weighted by Crippen LogP contribution is -2.04. The molecule has 4 heteroatoms. The van der Waals surface area contributed by atoms with E-state index in [1.807, 2.05) is 0 Å². The second kappa shape index (κ2) is 4.28. The summed E-state index contributed by atoms with van der Waals surface area (Å²) in [5.41, 5.74) is 1.56. The highest BCUT2D eigenvalue weighted by Gasteiger charge is 2.29. The van der Waals surface area contributed by atoms with Crippen molar-refractivity contribution in [2.24, 2.45) is 0 Å². The maximum atomic E-state index is 12.4. The van der Waals surface area contributed by atoms with Gasteiger partial charge in [-0.25, -0.2) is 0 Å². The van der Waals surface area contributed by atoms with Gasteiger partial charge in [0.15, 0.2) is 0 Å². The average Bonchev–Trinajstić information content (AvgIpc) is 2.29. The van der Waals surface area contributed by atoms with Gasteiger partial charge in [-0.2, -0.15) is 13.2 Å². The Labute approximate surface area is 98.5 Å². The van der Waals surface area contributed by atoms with E-state index in [-0.39, 0.29) is 0 Å². The van der Waals surface area contributed by atoms with Crippen LogP contribution in [0.1, 0.15) is 5.56 Å². The zero-order chi connectivity index (χ0) is 12.5. The van der Waals surface area contributed by atoms with Gasteiger partial charge >= 0.3 is 6.18 Å². The summed E-state index contributed by atoms with van der Waals surface area (Å²) in [5.74, 6) is 0. The van der Waals surface area contributed by atoms with E-state index in [1.54, 1.807) is 24.3 Å². The molecule has 0 saturated heterocycles. The maximum Gasteiger partial charge on any atom is 0.416 e. The lowest BCUT2D eigenvalue weighted by Gasteiger charge is -2.07. The van der Waals surface area contributed by atoms with Crippen LogP contribution in [0, 0.1) is 0 Å². The van der Waals surface area contributed by atoms with Crippen LogP contribution >= 0.6 is 0 Å². The second-order valence-electron chi connectivity index (χ2n) is 3.70. The molecule has 17 heavy (non-hydrogen) atoms. The van der Waals surface area contributed by atoms with Gasteiger partial charge in [0.1, 0.15) is 7.85 Å². The highest BCUT2D eigenvalue weighted by atomic mass is 19.4. The Balaban J connectivity index is 2.33. The molecular formula is C13H8BF3. The number of hydrogen-bond acceptors (Lipinski definition) is 0. The topological polar surface area (TPSA) is 0 Å². The van der Waals surface area contributed by atoms with Crippen LogP contribution in [0.2, 0.25) is 0 Å². The van der Waals surface area contributed by atoms with Gasteiger partial charge in [0.05, 0.1) is 5.56 Å². The van der Waals surface area contributed by atoms with Crippen molar-refractivity contribution in [3.8, 4) is 11.1 Å². The van der Waals surface area contributed by atoms with Crippen LogP contribution in [-0.4, -0.2) is 7.85 Å². The zero-order valence-corrected chi connectivity index (χ0v) is 8.83. The fourth-order valence-corrected chi connectivity index (χ4v) is 1.53. The van der Waals surface area contributed by atoms with Crippen molar-refractivity contribution < 1.29 is 13.2 Å². The molecule has 0 unspecified atom stereocenters. The van der Waals surface area contributed by atoms with E-state index in [0.29, 0.717) is 5.46 Å². The van der Waals surface area contributed by atoms with Crippen molar-refractivity contribution >= 4 is 13.3 Å². The largest absolute Gasteiger partial charge is 0.416 e. The van der Waals surface area contributed by atoms with Gasteiger partial charge in [-0.1, -0.05) is 41.9 Å². The lowest BCUT2D eigenvalue weighted by molar-refractivity contribution is -0.137. The minimum Gasteiger partial charge on any atom is -0.166 e. The molecule has 2 rings (SSSR count). The van der Waals surface area contributed by atoms with Crippen LogP contribution in [0.15, 0.2) is 48.5 Å². The molecule has 0 saturated carbocycles. The van der Waals surface area contributed by atoms with Gasteiger partial charge < -0.3 is 0 Å². The maximum absolute atomic E-state index is 12.4. The first-order chi connectivity index (χ1) is 7.97. The summed E-state index contributed by atoms with van der Waals surface area (Å²) >= 11 is 0. The first-order valence-corrected chi connectivity index (χ1v) is 5.00. The SMILES string of the molecule is [B]c1ccc(-c2ccc(C(F)(F)F)cc2)cc1. The van der Waals surface area contributed by atoms with E-state index < -0.39 is 11.7 Å². The van der Waals surface area contributed by atoms with E-state index in [4.69, 9.17) is 7.85 Å². The summed E-state index contributed by atoms with van der Waals surface area (Å²) < 4.78 is 37.1. The predicted octanol–water partition coefficient (Wildman–Crippen LogP) is 3.17. The molecule has 0 atom stereocenters. The molecule has 0 aliphatic carbocycles. The van der Waals surface area contributed by atoms with Crippen molar-refractivity contribution in [2.75, 3.05) is 0 Å². The fourth-order valence-electron chi connectivity index (χ4n) is 1.53. The van der Waals surface area contributed by atoms with Crippen LogP contribution in [0.25, 0.3) is 11.1 Å². The van der Waals surface area contributed by atoms with Crippen LogP contribution < -0.4 is 5.46 Å². The van der Waals surface area contributed by atoms with Gasteiger partial charge in [-0.3, -0.25) is 0 Å². The third kappa shape index (κ3) is 2.70. The van der Waals surface area contributed by atoms with Crippen LogP contribution in [0.4, 0.5) is 13.2 Å². The van der Waals surface area contributed by atoms with E-state index >= 15 is 0 Å². The quantitative estimate of drug-likeness (QED) is 0.662. The summed E-state index contributed by atoms with van der Waals surface area (Å²) in [4.78, 5) is 0. The minimum absolute atomic E-state index is 0.626. The molecule has 0 bridgehead atoms. The molecule has 2 radical (unpaired) electrons.